The first-order chi connectivity index (χ1) is 16.2. The van der Waals surface area contributed by atoms with Gasteiger partial charge in [-0.15, -0.1) is 10.2 Å². The van der Waals surface area contributed by atoms with Crippen LogP contribution in [0.5, 0.6) is 0 Å². The van der Waals surface area contributed by atoms with Gasteiger partial charge in [0.05, 0.1) is 12.6 Å². The van der Waals surface area contributed by atoms with Crippen molar-refractivity contribution in [3.8, 4) is 0 Å². The third-order valence-corrected chi connectivity index (χ3v) is 6.21. The molecule has 3 unspecified atom stereocenters. The van der Waals surface area contributed by atoms with E-state index in [1.54, 1.807) is 13.8 Å². The van der Waals surface area contributed by atoms with Crippen LogP contribution < -0.4 is 5.56 Å². The number of pyridine rings is 1. The summed E-state index contributed by atoms with van der Waals surface area (Å²) in [5.41, 5.74) is -0.676. The van der Waals surface area contributed by atoms with Gasteiger partial charge in [-0.1, -0.05) is 6.07 Å². The highest BCUT2D eigenvalue weighted by Gasteiger charge is 2.39. The standard InChI is InChI=1S/C21H20F3N7O3/c1-9(11-3-6-15(25-7-11)21(22,23)24)31-18-16(14(8-32)30-31)19(33)27-17(26-18)12-4-5-13(12)20-29-28-10(2)34-20/h3,6-7,9,12-13,32H,4-5,8H2,1-2H3,(H,26,27,33). The molecule has 34 heavy (non-hydrogen) atoms. The zero-order valence-corrected chi connectivity index (χ0v) is 18.2. The lowest BCUT2D eigenvalue weighted by Gasteiger charge is -2.32. The minimum absolute atomic E-state index is 0.0907. The van der Waals surface area contributed by atoms with E-state index < -0.39 is 30.1 Å². The summed E-state index contributed by atoms with van der Waals surface area (Å²) in [6.07, 6.45) is -1.89. The fourth-order valence-electron chi connectivity index (χ4n) is 4.23. The Morgan fingerprint density at radius 2 is 2.03 bits per heavy atom. The van der Waals surface area contributed by atoms with Gasteiger partial charge < -0.3 is 14.5 Å². The van der Waals surface area contributed by atoms with E-state index in [9.17, 15) is 23.1 Å². The Hall–Kier alpha value is -3.61. The van der Waals surface area contributed by atoms with Crippen LogP contribution in [0.15, 0.2) is 27.5 Å². The van der Waals surface area contributed by atoms with Gasteiger partial charge in [-0.2, -0.15) is 18.3 Å². The highest BCUT2D eigenvalue weighted by molar-refractivity contribution is 5.77. The number of aryl methyl sites for hydroxylation is 1. The number of nitrogens with zero attached hydrogens (tertiary/aromatic N) is 6. The predicted molar refractivity (Wildman–Crippen MR) is 111 cm³/mol. The van der Waals surface area contributed by atoms with Crippen molar-refractivity contribution in [1.29, 1.82) is 0 Å². The Bertz CT molecular complexity index is 1410. The van der Waals surface area contributed by atoms with Gasteiger partial charge in [-0.3, -0.25) is 9.78 Å². The van der Waals surface area contributed by atoms with Gasteiger partial charge in [0, 0.05) is 25.0 Å². The lowest BCUT2D eigenvalue weighted by Crippen LogP contribution is -2.27. The SMILES string of the molecule is Cc1nnc(C2CCC2c2nc3c(c(CO)nn3C(C)c3ccc(C(F)(F)F)nc3)c(=O)[nH]2)o1. The van der Waals surface area contributed by atoms with Gasteiger partial charge in [0.1, 0.15) is 22.6 Å². The first-order valence-corrected chi connectivity index (χ1v) is 10.6. The summed E-state index contributed by atoms with van der Waals surface area (Å²) in [7, 11) is 0. The zero-order valence-electron chi connectivity index (χ0n) is 18.2. The van der Waals surface area contributed by atoms with Gasteiger partial charge in [0.25, 0.3) is 5.56 Å². The topological polar surface area (TPSA) is 136 Å². The molecule has 1 saturated carbocycles. The molecule has 1 fully saturated rings. The largest absolute Gasteiger partial charge is 0.433 e. The normalized spacial score (nSPS) is 19.4. The van der Waals surface area contributed by atoms with E-state index in [2.05, 4.69) is 30.2 Å². The molecule has 1 aliphatic carbocycles. The molecule has 3 atom stereocenters. The summed E-state index contributed by atoms with van der Waals surface area (Å²) >= 11 is 0. The van der Waals surface area contributed by atoms with Crippen molar-refractivity contribution in [1.82, 2.24) is 34.9 Å². The van der Waals surface area contributed by atoms with Gasteiger partial charge in [-0.25, -0.2) is 9.67 Å². The maximum atomic E-state index is 12.9. The summed E-state index contributed by atoms with van der Waals surface area (Å²) in [5, 5.41) is 22.2. The van der Waals surface area contributed by atoms with E-state index in [0.29, 0.717) is 23.2 Å². The van der Waals surface area contributed by atoms with Crippen molar-refractivity contribution in [3.63, 3.8) is 0 Å². The molecule has 10 nitrogen and oxygen atoms in total. The molecule has 4 aromatic rings. The molecule has 0 amide bonds. The van der Waals surface area contributed by atoms with Crippen LogP contribution in [0.2, 0.25) is 0 Å². The molecule has 1 aliphatic rings. The molecule has 13 heteroatoms. The zero-order chi connectivity index (χ0) is 24.2. The van der Waals surface area contributed by atoms with Crippen LogP contribution in [0.3, 0.4) is 0 Å². The van der Waals surface area contributed by atoms with Gasteiger partial charge in [-0.05, 0) is 31.4 Å². The van der Waals surface area contributed by atoms with Crippen LogP contribution in [0.4, 0.5) is 13.2 Å². The van der Waals surface area contributed by atoms with Crippen LogP contribution in [0.25, 0.3) is 11.0 Å². The van der Waals surface area contributed by atoms with Crippen LogP contribution >= 0.6 is 0 Å². The maximum Gasteiger partial charge on any atom is 0.433 e. The number of hydrogen-bond acceptors (Lipinski definition) is 8. The second-order valence-corrected chi connectivity index (χ2v) is 8.30. The Kier molecular flexibility index (Phi) is 5.23. The lowest BCUT2D eigenvalue weighted by molar-refractivity contribution is -0.141. The molecule has 4 aromatic heterocycles. The average Bonchev–Trinajstić information content (AvgIpc) is 3.35. The first kappa shape index (κ1) is 22.2. The monoisotopic (exact) mass is 475 g/mol. The lowest BCUT2D eigenvalue weighted by atomic mass is 9.73. The molecule has 0 bridgehead atoms. The number of aliphatic hydroxyl groups is 1. The molecule has 0 saturated heterocycles. The van der Waals surface area contributed by atoms with E-state index >= 15 is 0 Å². The Labute approximate surface area is 189 Å². The van der Waals surface area contributed by atoms with E-state index in [4.69, 9.17) is 4.42 Å². The van der Waals surface area contributed by atoms with Gasteiger partial charge in [0.2, 0.25) is 11.8 Å². The number of halogens is 3. The van der Waals surface area contributed by atoms with E-state index in [1.807, 2.05) is 0 Å². The summed E-state index contributed by atoms with van der Waals surface area (Å²) in [4.78, 5) is 23.9. The molecular weight excluding hydrogens is 455 g/mol. The number of aliphatic hydroxyl groups excluding tert-OH is 1. The van der Waals surface area contributed by atoms with Gasteiger partial charge in [0.15, 0.2) is 5.65 Å². The molecule has 178 valence electrons. The molecule has 0 aromatic carbocycles. The first-order valence-electron chi connectivity index (χ1n) is 10.6. The minimum atomic E-state index is -4.55. The molecule has 5 rings (SSSR count). The number of rotatable bonds is 5. The fourth-order valence-corrected chi connectivity index (χ4v) is 4.23. The summed E-state index contributed by atoms with van der Waals surface area (Å²) in [6, 6.07) is 1.60. The third-order valence-electron chi connectivity index (χ3n) is 6.21. The quantitative estimate of drug-likeness (QED) is 0.450. The van der Waals surface area contributed by atoms with Crippen molar-refractivity contribution in [2.24, 2.45) is 0 Å². The molecule has 4 heterocycles. The van der Waals surface area contributed by atoms with Crippen LogP contribution in [-0.4, -0.2) is 40.0 Å². The number of alkyl halides is 3. The minimum Gasteiger partial charge on any atom is -0.425 e. The number of aromatic nitrogens is 7. The Morgan fingerprint density at radius 3 is 2.59 bits per heavy atom. The summed E-state index contributed by atoms with van der Waals surface area (Å²) in [5.74, 6) is 1.10. The predicted octanol–water partition coefficient (Wildman–Crippen LogP) is 2.99. The number of hydrogen-bond donors (Lipinski definition) is 2. The van der Waals surface area contributed by atoms with Crippen LogP contribution in [0.1, 0.15) is 72.2 Å². The van der Waals surface area contributed by atoms with Crippen LogP contribution in [0, 0.1) is 6.92 Å². The molecular formula is C21H20F3N7O3. The summed E-state index contributed by atoms with van der Waals surface area (Å²) < 4.78 is 45.6. The smallest absolute Gasteiger partial charge is 0.425 e. The van der Waals surface area contributed by atoms with Crippen LogP contribution in [-0.2, 0) is 12.8 Å². The van der Waals surface area contributed by atoms with Gasteiger partial charge >= 0.3 is 6.18 Å². The fraction of sp³-hybridized carbons (Fsp3) is 0.429. The highest BCUT2D eigenvalue weighted by atomic mass is 19.4. The second-order valence-electron chi connectivity index (χ2n) is 8.30. The van der Waals surface area contributed by atoms with Crippen molar-refractivity contribution >= 4 is 11.0 Å². The van der Waals surface area contributed by atoms with E-state index in [1.165, 1.54) is 10.7 Å². The number of aromatic amines is 1. The molecule has 2 N–H and O–H groups in total. The van der Waals surface area contributed by atoms with E-state index in [0.717, 1.165) is 25.1 Å². The molecule has 0 spiro atoms. The van der Waals surface area contributed by atoms with Crippen molar-refractivity contribution in [3.05, 3.63) is 63.2 Å². The highest BCUT2D eigenvalue weighted by Crippen LogP contribution is 2.47. The third kappa shape index (κ3) is 3.65. The van der Waals surface area contributed by atoms with Crippen molar-refractivity contribution in [2.45, 2.75) is 57.3 Å². The maximum absolute atomic E-state index is 12.9. The second kappa shape index (κ2) is 8.01. The molecule has 0 radical (unpaired) electrons. The molecule has 0 aliphatic heterocycles. The Morgan fingerprint density at radius 1 is 1.26 bits per heavy atom. The number of H-pyrrole nitrogens is 1. The average molecular weight is 475 g/mol. The van der Waals surface area contributed by atoms with E-state index in [-0.39, 0.29) is 28.6 Å². The van der Waals surface area contributed by atoms with Crippen molar-refractivity contribution < 1.29 is 22.7 Å². The Balaban J connectivity index is 1.56. The number of nitrogens with one attached hydrogen (secondary N) is 1. The number of fused-ring (bicyclic) bond motifs is 1. The summed E-state index contributed by atoms with van der Waals surface area (Å²) in [6.45, 7) is 2.90. The van der Waals surface area contributed by atoms with Crippen molar-refractivity contribution in [2.75, 3.05) is 0 Å².